The quantitative estimate of drug-likeness (QED) is 0.818. The van der Waals surface area contributed by atoms with Gasteiger partial charge in [-0.15, -0.1) is 0 Å². The highest BCUT2D eigenvalue weighted by Crippen LogP contribution is 2.49. The molecule has 1 aliphatic heterocycles. The van der Waals surface area contributed by atoms with Gasteiger partial charge in [0, 0.05) is 12.6 Å². The molecule has 4 rings (SSSR count). The summed E-state index contributed by atoms with van der Waals surface area (Å²) in [6.45, 7) is 7.30. The zero-order chi connectivity index (χ0) is 17.4. The van der Waals surface area contributed by atoms with E-state index in [1.54, 1.807) is 7.11 Å². The lowest BCUT2D eigenvalue weighted by Gasteiger charge is -2.54. The number of ether oxygens (including phenoxy) is 1. The molecule has 1 saturated heterocycles. The van der Waals surface area contributed by atoms with Crippen LogP contribution in [0.3, 0.4) is 0 Å². The third-order valence-electron chi connectivity index (χ3n) is 6.86. The van der Waals surface area contributed by atoms with Crippen LogP contribution in [0.4, 0.5) is 0 Å². The predicted octanol–water partition coefficient (Wildman–Crippen LogP) is 4.46. The molecule has 3 atom stereocenters. The smallest absolute Gasteiger partial charge is 0.119 e. The molecule has 0 saturated carbocycles. The number of rotatable bonds is 4. The van der Waals surface area contributed by atoms with E-state index in [-0.39, 0.29) is 5.41 Å². The Morgan fingerprint density at radius 2 is 1.96 bits per heavy atom. The van der Waals surface area contributed by atoms with Gasteiger partial charge in [-0.2, -0.15) is 0 Å². The second-order valence-corrected chi connectivity index (χ2v) is 8.02. The molecule has 0 aromatic heterocycles. The van der Waals surface area contributed by atoms with Gasteiger partial charge in [0.2, 0.25) is 0 Å². The van der Waals surface area contributed by atoms with Crippen molar-refractivity contribution in [1.82, 2.24) is 4.90 Å². The molecule has 25 heavy (non-hydrogen) atoms. The van der Waals surface area contributed by atoms with Crippen LogP contribution >= 0.6 is 0 Å². The van der Waals surface area contributed by atoms with Crippen molar-refractivity contribution in [2.45, 2.75) is 44.6 Å². The van der Waals surface area contributed by atoms with Gasteiger partial charge in [-0.25, -0.2) is 0 Å². The fourth-order valence-electron chi connectivity index (χ4n) is 5.01. The summed E-state index contributed by atoms with van der Waals surface area (Å²) in [5.74, 6) is 1.67. The Balaban J connectivity index is 1.57. The summed E-state index contributed by atoms with van der Waals surface area (Å²) in [6.07, 6.45) is 3.56. The van der Waals surface area contributed by atoms with Crippen molar-refractivity contribution < 1.29 is 4.74 Å². The lowest BCUT2D eigenvalue weighted by atomic mass is 9.59. The van der Waals surface area contributed by atoms with Crippen molar-refractivity contribution in [3.8, 4) is 5.75 Å². The molecule has 1 heterocycles. The summed E-state index contributed by atoms with van der Waals surface area (Å²) >= 11 is 0. The molecule has 2 aromatic carbocycles. The first kappa shape index (κ1) is 16.7. The van der Waals surface area contributed by atoms with E-state index >= 15 is 0 Å². The van der Waals surface area contributed by atoms with E-state index in [2.05, 4.69) is 67.3 Å². The van der Waals surface area contributed by atoms with Gasteiger partial charge in [0.15, 0.2) is 0 Å². The van der Waals surface area contributed by atoms with Gasteiger partial charge >= 0.3 is 0 Å². The fraction of sp³-hybridized carbons (Fsp3) is 0.478. The Hall–Kier alpha value is -1.80. The first-order chi connectivity index (χ1) is 12.1. The Kier molecular flexibility index (Phi) is 4.33. The van der Waals surface area contributed by atoms with E-state index in [0.29, 0.717) is 12.0 Å². The number of likely N-dealkylation sites (tertiary alicyclic amines) is 1. The molecule has 1 aliphatic carbocycles. The topological polar surface area (TPSA) is 12.5 Å². The first-order valence-corrected chi connectivity index (χ1v) is 9.57. The summed E-state index contributed by atoms with van der Waals surface area (Å²) in [5.41, 5.74) is 4.77. The number of methoxy groups -OCH3 is 1. The summed E-state index contributed by atoms with van der Waals surface area (Å²) in [6, 6.07) is 18.3. The van der Waals surface area contributed by atoms with E-state index in [9.17, 15) is 0 Å². The molecule has 2 heteroatoms. The van der Waals surface area contributed by atoms with Crippen LogP contribution in [0.5, 0.6) is 5.75 Å². The Bertz CT molecular complexity index is 741. The summed E-state index contributed by atoms with van der Waals surface area (Å²) in [7, 11) is 1.77. The van der Waals surface area contributed by atoms with Crippen LogP contribution in [0.2, 0.25) is 0 Å². The fourth-order valence-corrected chi connectivity index (χ4v) is 5.01. The number of nitrogens with zero attached hydrogens (tertiary/aromatic N) is 1. The summed E-state index contributed by atoms with van der Waals surface area (Å²) in [5, 5.41) is 0. The Morgan fingerprint density at radius 1 is 1.16 bits per heavy atom. The Morgan fingerprint density at radius 3 is 2.72 bits per heavy atom. The third kappa shape index (κ3) is 2.87. The summed E-state index contributed by atoms with van der Waals surface area (Å²) in [4.78, 5) is 2.74. The second kappa shape index (κ2) is 6.49. The number of hydrogen-bond donors (Lipinski definition) is 0. The van der Waals surface area contributed by atoms with Crippen molar-refractivity contribution in [3.63, 3.8) is 0 Å². The van der Waals surface area contributed by atoms with Crippen LogP contribution < -0.4 is 4.74 Å². The number of hydrogen-bond acceptors (Lipinski definition) is 2. The monoisotopic (exact) mass is 335 g/mol. The molecule has 0 radical (unpaired) electrons. The SMILES string of the molecule is COc1ccc2c(c1)[C@]1(C)CCN(CCc3ccccc3)[C@@H](C2)[C@@H]1C. The molecule has 132 valence electrons. The van der Waals surface area contributed by atoms with Crippen molar-refractivity contribution in [1.29, 1.82) is 0 Å². The van der Waals surface area contributed by atoms with E-state index in [4.69, 9.17) is 4.74 Å². The normalized spacial score (nSPS) is 28.4. The number of fused-ring (bicyclic) bond motifs is 4. The minimum absolute atomic E-state index is 0.274. The molecule has 0 N–H and O–H groups in total. The van der Waals surface area contributed by atoms with Gasteiger partial charge < -0.3 is 4.74 Å². The largest absolute Gasteiger partial charge is 0.497 e. The maximum atomic E-state index is 5.50. The van der Waals surface area contributed by atoms with Gasteiger partial charge in [0.25, 0.3) is 0 Å². The first-order valence-electron chi connectivity index (χ1n) is 9.57. The lowest BCUT2D eigenvalue weighted by molar-refractivity contribution is 0.0322. The highest BCUT2D eigenvalue weighted by atomic mass is 16.5. The minimum atomic E-state index is 0.274. The molecular weight excluding hydrogens is 306 g/mol. The maximum absolute atomic E-state index is 5.50. The van der Waals surface area contributed by atoms with Gasteiger partial charge in [-0.3, -0.25) is 4.90 Å². The molecule has 0 spiro atoms. The van der Waals surface area contributed by atoms with Crippen LogP contribution in [0.25, 0.3) is 0 Å². The highest BCUT2D eigenvalue weighted by Gasteiger charge is 2.48. The minimum Gasteiger partial charge on any atom is -0.497 e. The standard InChI is InChI=1S/C23H29NO/c1-17-22-15-19-9-10-20(25-3)16-21(19)23(17,2)12-14-24(22)13-11-18-7-5-4-6-8-18/h4-10,16-17,22H,11-15H2,1-3H3/t17-,22-,23+/m0/s1. The zero-order valence-electron chi connectivity index (χ0n) is 15.7. The van der Waals surface area contributed by atoms with Crippen LogP contribution in [0, 0.1) is 5.92 Å². The van der Waals surface area contributed by atoms with E-state index in [1.165, 1.54) is 42.6 Å². The second-order valence-electron chi connectivity index (χ2n) is 8.02. The van der Waals surface area contributed by atoms with Gasteiger partial charge in [-0.05, 0) is 66.0 Å². The molecule has 0 amide bonds. The molecule has 2 nitrogen and oxygen atoms in total. The van der Waals surface area contributed by atoms with Crippen LogP contribution in [0.1, 0.15) is 37.0 Å². The molecule has 2 aliphatic rings. The van der Waals surface area contributed by atoms with Gasteiger partial charge in [0.1, 0.15) is 5.75 Å². The average Bonchev–Trinajstić information content (AvgIpc) is 2.64. The van der Waals surface area contributed by atoms with Gasteiger partial charge in [-0.1, -0.05) is 50.2 Å². The lowest BCUT2D eigenvalue weighted by Crippen LogP contribution is -2.58. The van der Waals surface area contributed by atoms with Crippen molar-refractivity contribution >= 4 is 0 Å². The van der Waals surface area contributed by atoms with Crippen LogP contribution in [0.15, 0.2) is 48.5 Å². The highest BCUT2D eigenvalue weighted by molar-refractivity contribution is 5.44. The van der Waals surface area contributed by atoms with Crippen LogP contribution in [-0.2, 0) is 18.3 Å². The summed E-state index contributed by atoms with van der Waals surface area (Å²) < 4.78 is 5.50. The zero-order valence-corrected chi connectivity index (χ0v) is 15.7. The predicted molar refractivity (Wildman–Crippen MR) is 103 cm³/mol. The van der Waals surface area contributed by atoms with Gasteiger partial charge in [0.05, 0.1) is 7.11 Å². The van der Waals surface area contributed by atoms with E-state index in [0.717, 1.165) is 12.2 Å². The maximum Gasteiger partial charge on any atom is 0.119 e. The molecule has 2 bridgehead atoms. The molecule has 2 aromatic rings. The molecular formula is C23H29NO. The Labute approximate surface area is 151 Å². The third-order valence-corrected chi connectivity index (χ3v) is 6.86. The molecule has 0 unspecified atom stereocenters. The van der Waals surface area contributed by atoms with E-state index < -0.39 is 0 Å². The number of piperidine rings is 1. The molecule has 1 fully saturated rings. The van der Waals surface area contributed by atoms with Crippen molar-refractivity contribution in [3.05, 3.63) is 65.2 Å². The van der Waals surface area contributed by atoms with Crippen LogP contribution in [-0.4, -0.2) is 31.1 Å². The average molecular weight is 335 g/mol. The number of benzene rings is 2. The van der Waals surface area contributed by atoms with Crippen molar-refractivity contribution in [2.75, 3.05) is 20.2 Å². The van der Waals surface area contributed by atoms with Crippen molar-refractivity contribution in [2.24, 2.45) is 5.92 Å². The van der Waals surface area contributed by atoms with E-state index in [1.807, 2.05) is 0 Å².